The van der Waals surface area contributed by atoms with Gasteiger partial charge in [0.15, 0.2) is 12.1 Å². The molecule has 1 N–H and O–H groups in total. The standard InChI is InChI=1S/C34H63N3O7/c1-21-18-34(6,41-12)30(44-31-28(38)26(36(9)10)17-22(2)43-31)23(3)29(39)33(4,5)32(40)42-20-27(37(11)19-21)24-13-15-25(16-14-24)35(7)8/h21-28,30-31,38H,13-20H2,1-12H3/t21?,22-,23?,24?,25?,26+,27?,28-,30?,31+,34?/m1/s1. The molecule has 0 aromatic heterocycles. The minimum Gasteiger partial charge on any atom is -0.463 e. The number of ether oxygens (including phenoxy) is 4. The number of carbonyl (C=O) groups is 2. The number of hydrogen-bond acceptors (Lipinski definition) is 10. The van der Waals surface area contributed by atoms with Gasteiger partial charge in [-0.1, -0.05) is 13.8 Å². The van der Waals surface area contributed by atoms with E-state index in [4.69, 9.17) is 18.9 Å². The molecule has 3 aliphatic rings. The third-order valence-corrected chi connectivity index (χ3v) is 10.9. The summed E-state index contributed by atoms with van der Waals surface area (Å²) in [6.45, 7) is 12.3. The zero-order valence-electron chi connectivity index (χ0n) is 29.7. The number of aliphatic hydroxyl groups is 1. The van der Waals surface area contributed by atoms with E-state index < -0.39 is 41.4 Å². The molecular formula is C34H63N3O7. The van der Waals surface area contributed by atoms with Gasteiger partial charge in [0.05, 0.1) is 17.8 Å². The first kappa shape index (κ1) is 37.3. The number of esters is 1. The van der Waals surface area contributed by atoms with Gasteiger partial charge in [-0.15, -0.1) is 0 Å². The van der Waals surface area contributed by atoms with Crippen LogP contribution in [0.3, 0.4) is 0 Å². The van der Waals surface area contributed by atoms with Crippen LogP contribution in [0.4, 0.5) is 0 Å². The predicted octanol–water partition coefficient (Wildman–Crippen LogP) is 3.44. The quantitative estimate of drug-likeness (QED) is 0.349. The molecule has 0 amide bonds. The first-order valence-corrected chi connectivity index (χ1v) is 16.7. The van der Waals surface area contributed by atoms with E-state index in [9.17, 15) is 14.7 Å². The molecule has 0 spiro atoms. The van der Waals surface area contributed by atoms with Gasteiger partial charge < -0.3 is 33.9 Å². The van der Waals surface area contributed by atoms with Crippen molar-refractivity contribution < 1.29 is 33.6 Å². The molecule has 1 saturated carbocycles. The van der Waals surface area contributed by atoms with E-state index in [2.05, 4.69) is 37.9 Å². The molecule has 44 heavy (non-hydrogen) atoms. The van der Waals surface area contributed by atoms with Gasteiger partial charge >= 0.3 is 5.97 Å². The van der Waals surface area contributed by atoms with E-state index in [-0.39, 0.29) is 36.5 Å². The molecule has 0 radical (unpaired) electrons. The van der Waals surface area contributed by atoms with Crippen LogP contribution in [0.25, 0.3) is 0 Å². The van der Waals surface area contributed by atoms with Crippen LogP contribution in [0, 0.1) is 23.2 Å². The lowest BCUT2D eigenvalue weighted by atomic mass is 9.74. The Morgan fingerprint density at radius 1 is 0.977 bits per heavy atom. The maximum atomic E-state index is 14.2. The fourth-order valence-corrected chi connectivity index (χ4v) is 8.06. The van der Waals surface area contributed by atoms with E-state index in [0.29, 0.717) is 24.8 Å². The minimum absolute atomic E-state index is 0.0599. The van der Waals surface area contributed by atoms with Crippen LogP contribution in [-0.2, 0) is 28.5 Å². The van der Waals surface area contributed by atoms with Crippen LogP contribution in [0.2, 0.25) is 0 Å². The highest BCUT2D eigenvalue weighted by molar-refractivity contribution is 6.04. The van der Waals surface area contributed by atoms with Gasteiger partial charge in [0.2, 0.25) is 0 Å². The van der Waals surface area contributed by atoms with Gasteiger partial charge in [-0.25, -0.2) is 0 Å². The van der Waals surface area contributed by atoms with Crippen molar-refractivity contribution in [1.29, 1.82) is 0 Å². The highest BCUT2D eigenvalue weighted by Crippen LogP contribution is 2.39. The summed E-state index contributed by atoms with van der Waals surface area (Å²) >= 11 is 0. The summed E-state index contributed by atoms with van der Waals surface area (Å²) in [5.74, 6) is -0.956. The smallest absolute Gasteiger partial charge is 0.319 e. The van der Waals surface area contributed by atoms with Crippen molar-refractivity contribution in [2.75, 3.05) is 55.5 Å². The summed E-state index contributed by atoms with van der Waals surface area (Å²) in [6, 6.07) is 0.472. The number of ketones is 1. The number of methoxy groups -OCH3 is 1. The summed E-state index contributed by atoms with van der Waals surface area (Å²) in [4.78, 5) is 34.5. The van der Waals surface area contributed by atoms with Crippen molar-refractivity contribution in [3.63, 3.8) is 0 Å². The van der Waals surface area contributed by atoms with Gasteiger partial charge in [-0.3, -0.25) is 14.5 Å². The van der Waals surface area contributed by atoms with Crippen LogP contribution in [0.1, 0.15) is 80.1 Å². The molecule has 5 unspecified atom stereocenters. The Bertz CT molecular complexity index is 953. The first-order chi connectivity index (χ1) is 20.4. The summed E-state index contributed by atoms with van der Waals surface area (Å²) in [7, 11) is 11.9. The topological polar surface area (TPSA) is 101 Å². The molecule has 10 heteroatoms. The summed E-state index contributed by atoms with van der Waals surface area (Å²) in [6.07, 6.45) is 2.86. The van der Waals surface area contributed by atoms with Crippen LogP contribution in [-0.4, -0.2) is 135 Å². The highest BCUT2D eigenvalue weighted by atomic mass is 16.7. The number of likely N-dealkylation sites (N-methyl/N-ethyl adjacent to an activating group) is 2. The monoisotopic (exact) mass is 625 g/mol. The number of aliphatic hydroxyl groups excluding tert-OH is 1. The zero-order valence-corrected chi connectivity index (χ0v) is 29.7. The molecule has 0 bridgehead atoms. The second kappa shape index (κ2) is 15.2. The fraction of sp³-hybridized carbons (Fsp3) is 0.941. The molecule has 10 nitrogen and oxygen atoms in total. The van der Waals surface area contributed by atoms with E-state index in [0.717, 1.165) is 32.2 Å². The maximum Gasteiger partial charge on any atom is 0.319 e. The molecule has 2 heterocycles. The van der Waals surface area contributed by atoms with Crippen molar-refractivity contribution in [1.82, 2.24) is 14.7 Å². The van der Waals surface area contributed by atoms with Gasteiger partial charge in [-0.05, 0) is 113 Å². The summed E-state index contributed by atoms with van der Waals surface area (Å²) in [5, 5.41) is 11.3. The number of carbonyl (C=O) groups excluding carboxylic acids is 2. The van der Waals surface area contributed by atoms with Gasteiger partial charge in [-0.2, -0.15) is 0 Å². The molecule has 1 aliphatic carbocycles. The van der Waals surface area contributed by atoms with Crippen molar-refractivity contribution in [3.8, 4) is 0 Å². The third kappa shape index (κ3) is 8.41. The fourth-order valence-electron chi connectivity index (χ4n) is 8.06. The SMILES string of the molecule is COC1(C)CC(C)CN(C)C(C2CCC(N(C)C)CC2)COC(=O)C(C)(C)C(=O)C(C)C1O[C@@H]1O[C@H](C)C[C@H](N(C)C)[C@H]1O. The highest BCUT2D eigenvalue weighted by Gasteiger charge is 2.51. The van der Waals surface area contributed by atoms with Crippen molar-refractivity contribution in [3.05, 3.63) is 0 Å². The first-order valence-electron chi connectivity index (χ1n) is 16.7. The van der Waals surface area contributed by atoms with Gasteiger partial charge in [0.25, 0.3) is 0 Å². The number of Topliss-reactive ketones (excluding diaryl/α,β-unsaturated/α-hetero) is 1. The van der Waals surface area contributed by atoms with E-state index in [1.807, 2.05) is 32.8 Å². The van der Waals surface area contributed by atoms with E-state index >= 15 is 0 Å². The van der Waals surface area contributed by atoms with E-state index in [1.165, 1.54) is 0 Å². The maximum absolute atomic E-state index is 14.2. The second-order valence-electron chi connectivity index (χ2n) is 15.4. The van der Waals surface area contributed by atoms with Crippen LogP contribution in [0.15, 0.2) is 0 Å². The van der Waals surface area contributed by atoms with Gasteiger partial charge in [0.1, 0.15) is 18.1 Å². The Hall–Kier alpha value is -1.14. The Morgan fingerprint density at radius 2 is 1.59 bits per heavy atom. The molecule has 0 aromatic rings. The zero-order chi connectivity index (χ0) is 33.1. The van der Waals surface area contributed by atoms with Gasteiger partial charge in [0, 0.05) is 37.7 Å². The van der Waals surface area contributed by atoms with Crippen molar-refractivity contribution in [2.45, 2.75) is 128 Å². The molecule has 2 saturated heterocycles. The molecule has 9 atom stereocenters. The Balaban J connectivity index is 1.96. The largest absolute Gasteiger partial charge is 0.463 e. The lowest BCUT2D eigenvalue weighted by molar-refractivity contribution is -0.295. The lowest BCUT2D eigenvalue weighted by Crippen LogP contribution is -2.59. The lowest BCUT2D eigenvalue weighted by Gasteiger charge is -2.47. The number of nitrogens with zero attached hydrogens (tertiary/aromatic N) is 3. The Kier molecular flexibility index (Phi) is 12.9. The van der Waals surface area contributed by atoms with E-state index in [1.54, 1.807) is 27.9 Å². The van der Waals surface area contributed by atoms with Crippen LogP contribution >= 0.6 is 0 Å². The molecular weight excluding hydrogens is 562 g/mol. The van der Waals surface area contributed by atoms with Crippen LogP contribution < -0.4 is 0 Å². The molecule has 3 rings (SSSR count). The Labute approximate surface area is 267 Å². The molecule has 0 aromatic carbocycles. The second-order valence-corrected chi connectivity index (χ2v) is 15.4. The Morgan fingerprint density at radius 3 is 2.14 bits per heavy atom. The third-order valence-electron chi connectivity index (χ3n) is 10.9. The molecule has 3 fully saturated rings. The number of cyclic esters (lactones) is 1. The molecule has 2 aliphatic heterocycles. The number of hydrogen-bond donors (Lipinski definition) is 1. The number of rotatable bonds is 6. The average Bonchev–Trinajstić information content (AvgIpc) is 2.95. The molecule has 256 valence electrons. The van der Waals surface area contributed by atoms with Crippen molar-refractivity contribution >= 4 is 11.8 Å². The van der Waals surface area contributed by atoms with Crippen LogP contribution in [0.5, 0.6) is 0 Å². The summed E-state index contributed by atoms with van der Waals surface area (Å²) < 4.78 is 25.1. The average molecular weight is 626 g/mol. The normalized spacial score (nSPS) is 42.0. The van der Waals surface area contributed by atoms with Crippen molar-refractivity contribution in [2.24, 2.45) is 23.2 Å². The predicted molar refractivity (Wildman–Crippen MR) is 171 cm³/mol. The minimum atomic E-state index is -1.40. The summed E-state index contributed by atoms with van der Waals surface area (Å²) in [5.41, 5.74) is -2.30.